The van der Waals surface area contributed by atoms with Crippen LogP contribution in [0.3, 0.4) is 0 Å². The van der Waals surface area contributed by atoms with Crippen molar-refractivity contribution in [2.45, 2.75) is 34.1 Å². The molecule has 1 rings (SSSR count). The summed E-state index contributed by atoms with van der Waals surface area (Å²) in [5.41, 5.74) is 1.91. The van der Waals surface area contributed by atoms with Crippen molar-refractivity contribution in [1.82, 2.24) is 9.78 Å². The Morgan fingerprint density at radius 2 is 2.06 bits per heavy atom. The molecule has 1 atom stereocenters. The third-order valence-electron chi connectivity index (χ3n) is 3.02. The Morgan fingerprint density at radius 3 is 2.38 bits per heavy atom. The van der Waals surface area contributed by atoms with Gasteiger partial charge in [-0.15, -0.1) is 0 Å². The van der Waals surface area contributed by atoms with Gasteiger partial charge in [-0.2, -0.15) is 5.10 Å². The maximum atomic E-state index is 11.5. The molecular formula is C12H19ClN2O. The van der Waals surface area contributed by atoms with Crippen molar-refractivity contribution in [1.29, 1.82) is 0 Å². The lowest BCUT2D eigenvalue weighted by atomic mass is 9.86. The van der Waals surface area contributed by atoms with E-state index in [0.29, 0.717) is 17.5 Å². The smallest absolute Gasteiger partial charge is 0.133 e. The van der Waals surface area contributed by atoms with Crippen LogP contribution in [0.4, 0.5) is 0 Å². The summed E-state index contributed by atoms with van der Waals surface area (Å²) >= 11 is 6.16. The van der Waals surface area contributed by atoms with Crippen LogP contribution in [0.25, 0.3) is 0 Å². The second-order valence-electron chi connectivity index (χ2n) is 4.64. The summed E-state index contributed by atoms with van der Waals surface area (Å²) in [6.07, 6.45) is 0.686. The summed E-state index contributed by atoms with van der Waals surface area (Å²) in [5.74, 6) is 0.572. The lowest BCUT2D eigenvalue weighted by Gasteiger charge is -2.17. The minimum Gasteiger partial charge on any atom is -0.300 e. The van der Waals surface area contributed by atoms with Crippen molar-refractivity contribution in [3.8, 4) is 0 Å². The standard InChI is InChI=1S/C12H19ClN2O/c1-7(2)10(9(4)16)6-11-8(3)14-15(5)12(11)13/h7,10H,6H2,1-5H3. The number of carbonyl (C=O) groups is 1. The monoisotopic (exact) mass is 242 g/mol. The highest BCUT2D eigenvalue weighted by atomic mass is 35.5. The van der Waals surface area contributed by atoms with E-state index >= 15 is 0 Å². The molecule has 0 aromatic carbocycles. The summed E-state index contributed by atoms with van der Waals surface area (Å²) in [6, 6.07) is 0. The Morgan fingerprint density at radius 1 is 1.50 bits per heavy atom. The molecular weight excluding hydrogens is 224 g/mol. The molecule has 0 fully saturated rings. The lowest BCUT2D eigenvalue weighted by Crippen LogP contribution is -2.20. The molecule has 1 aromatic rings. The molecule has 0 saturated heterocycles. The van der Waals surface area contributed by atoms with Gasteiger partial charge in [0.2, 0.25) is 0 Å². The van der Waals surface area contributed by atoms with Gasteiger partial charge in [0.05, 0.1) is 5.69 Å². The first-order chi connectivity index (χ1) is 7.34. The molecule has 1 unspecified atom stereocenters. The molecule has 4 heteroatoms. The summed E-state index contributed by atoms with van der Waals surface area (Å²) in [5, 5.41) is 4.90. The molecule has 16 heavy (non-hydrogen) atoms. The quantitative estimate of drug-likeness (QED) is 0.814. The van der Waals surface area contributed by atoms with Gasteiger partial charge in [-0.1, -0.05) is 25.4 Å². The highest BCUT2D eigenvalue weighted by Crippen LogP contribution is 2.25. The van der Waals surface area contributed by atoms with Crippen LogP contribution in [0, 0.1) is 18.8 Å². The Labute approximate surface area is 102 Å². The minimum atomic E-state index is 0.0281. The van der Waals surface area contributed by atoms with Crippen LogP contribution in [-0.4, -0.2) is 15.6 Å². The maximum absolute atomic E-state index is 11.5. The van der Waals surface area contributed by atoms with Crippen LogP contribution in [-0.2, 0) is 18.3 Å². The van der Waals surface area contributed by atoms with Crippen molar-refractivity contribution in [2.75, 3.05) is 0 Å². The molecule has 90 valence electrons. The van der Waals surface area contributed by atoms with Crippen molar-refractivity contribution < 1.29 is 4.79 Å². The topological polar surface area (TPSA) is 34.9 Å². The van der Waals surface area contributed by atoms with Gasteiger partial charge in [-0.25, -0.2) is 0 Å². The average molecular weight is 243 g/mol. The number of hydrogen-bond donors (Lipinski definition) is 0. The number of ketones is 1. The Balaban J connectivity index is 2.98. The van der Waals surface area contributed by atoms with Crippen molar-refractivity contribution in [3.05, 3.63) is 16.4 Å². The highest BCUT2D eigenvalue weighted by Gasteiger charge is 2.22. The third kappa shape index (κ3) is 2.64. The van der Waals surface area contributed by atoms with E-state index in [9.17, 15) is 4.79 Å². The molecule has 1 aromatic heterocycles. The van der Waals surface area contributed by atoms with Gasteiger partial charge in [0.1, 0.15) is 10.9 Å². The second-order valence-corrected chi connectivity index (χ2v) is 5.00. The van der Waals surface area contributed by atoms with Crippen LogP contribution < -0.4 is 0 Å². The molecule has 0 aliphatic carbocycles. The fourth-order valence-corrected chi connectivity index (χ4v) is 2.23. The van der Waals surface area contributed by atoms with Gasteiger partial charge >= 0.3 is 0 Å². The van der Waals surface area contributed by atoms with E-state index in [4.69, 9.17) is 11.6 Å². The average Bonchev–Trinajstić information content (AvgIpc) is 2.38. The van der Waals surface area contributed by atoms with Crippen LogP contribution in [0.1, 0.15) is 32.0 Å². The van der Waals surface area contributed by atoms with Gasteiger partial charge in [0, 0.05) is 18.5 Å². The highest BCUT2D eigenvalue weighted by molar-refractivity contribution is 6.30. The van der Waals surface area contributed by atoms with E-state index in [1.807, 2.05) is 14.0 Å². The second kappa shape index (κ2) is 5.00. The number of nitrogens with zero attached hydrogens (tertiary/aromatic N) is 2. The number of carbonyl (C=O) groups excluding carboxylic acids is 1. The fraction of sp³-hybridized carbons (Fsp3) is 0.667. The third-order valence-corrected chi connectivity index (χ3v) is 3.49. The van der Waals surface area contributed by atoms with Crippen LogP contribution in [0.5, 0.6) is 0 Å². The molecule has 0 amide bonds. The number of hydrogen-bond acceptors (Lipinski definition) is 2. The molecule has 0 aliphatic heterocycles. The molecule has 0 spiro atoms. The summed E-state index contributed by atoms with van der Waals surface area (Å²) in [7, 11) is 1.82. The first kappa shape index (κ1) is 13.2. The number of rotatable bonds is 4. The van der Waals surface area contributed by atoms with Crippen LogP contribution in [0.2, 0.25) is 5.15 Å². The summed E-state index contributed by atoms with van der Waals surface area (Å²) in [6.45, 7) is 7.69. The van der Waals surface area contributed by atoms with E-state index in [2.05, 4.69) is 18.9 Å². The zero-order chi connectivity index (χ0) is 12.5. The van der Waals surface area contributed by atoms with E-state index in [-0.39, 0.29) is 11.7 Å². The van der Waals surface area contributed by atoms with Gasteiger partial charge in [-0.05, 0) is 26.2 Å². The number of aryl methyl sites for hydroxylation is 2. The molecule has 0 N–H and O–H groups in total. The molecule has 0 saturated carbocycles. The summed E-state index contributed by atoms with van der Waals surface area (Å²) < 4.78 is 1.66. The van der Waals surface area contributed by atoms with Crippen LogP contribution in [0.15, 0.2) is 0 Å². The fourth-order valence-electron chi connectivity index (χ4n) is 1.97. The summed E-state index contributed by atoms with van der Waals surface area (Å²) in [4.78, 5) is 11.5. The largest absolute Gasteiger partial charge is 0.300 e. The molecule has 0 radical (unpaired) electrons. The van der Waals surface area contributed by atoms with Crippen molar-refractivity contribution in [2.24, 2.45) is 18.9 Å². The van der Waals surface area contributed by atoms with Crippen LogP contribution >= 0.6 is 11.6 Å². The maximum Gasteiger partial charge on any atom is 0.133 e. The Kier molecular flexibility index (Phi) is 4.14. The van der Waals surface area contributed by atoms with Crippen molar-refractivity contribution >= 4 is 17.4 Å². The van der Waals surface area contributed by atoms with Gasteiger partial charge in [0.25, 0.3) is 0 Å². The zero-order valence-corrected chi connectivity index (χ0v) is 11.3. The molecule has 1 heterocycles. The van der Waals surface area contributed by atoms with Crippen molar-refractivity contribution in [3.63, 3.8) is 0 Å². The lowest BCUT2D eigenvalue weighted by molar-refractivity contribution is -0.121. The molecule has 0 aliphatic rings. The first-order valence-corrected chi connectivity index (χ1v) is 5.90. The van der Waals surface area contributed by atoms with E-state index in [1.165, 1.54) is 0 Å². The van der Waals surface area contributed by atoms with E-state index < -0.39 is 0 Å². The predicted molar refractivity (Wildman–Crippen MR) is 65.7 cm³/mol. The predicted octanol–water partition coefficient (Wildman–Crippen LogP) is 2.79. The SMILES string of the molecule is CC(=O)C(Cc1c(C)nn(C)c1Cl)C(C)C. The number of Topliss-reactive ketones (excluding diaryl/α,β-unsaturated/α-hetero) is 1. The first-order valence-electron chi connectivity index (χ1n) is 5.53. The van der Waals surface area contributed by atoms with E-state index in [0.717, 1.165) is 11.3 Å². The molecule has 0 bridgehead atoms. The normalized spacial score (nSPS) is 13.2. The number of aromatic nitrogens is 2. The Hall–Kier alpha value is -0.830. The zero-order valence-electron chi connectivity index (χ0n) is 10.5. The van der Waals surface area contributed by atoms with Gasteiger partial charge < -0.3 is 0 Å². The van der Waals surface area contributed by atoms with Gasteiger partial charge in [0.15, 0.2) is 0 Å². The Bertz CT molecular complexity index is 396. The number of halogens is 1. The van der Waals surface area contributed by atoms with Gasteiger partial charge in [-0.3, -0.25) is 9.48 Å². The molecule has 3 nitrogen and oxygen atoms in total. The van der Waals surface area contributed by atoms with E-state index in [1.54, 1.807) is 11.6 Å². The minimum absolute atomic E-state index is 0.0281.